The third kappa shape index (κ3) is 6.07. The molecule has 0 saturated carbocycles. The maximum Gasteiger partial charge on any atom is 0.408 e. The number of amides is 3. The SMILES string of the molecule is O=C(NC(C(=O)N[C@@H]1C(=O)N2C(C(=O)O)=C(CBr)CS[C@@H]12)c1ccccc1)OCC(Cl)(Cl)Cl. The van der Waals surface area contributed by atoms with Crippen LogP contribution in [0.3, 0.4) is 0 Å². The van der Waals surface area contributed by atoms with Crippen LogP contribution in [0.2, 0.25) is 0 Å². The number of halogens is 4. The number of carbonyl (C=O) groups excluding carboxylic acids is 3. The molecule has 2 aliphatic rings. The molecule has 0 aromatic heterocycles. The Bertz CT molecular complexity index is 991. The van der Waals surface area contributed by atoms with Crippen LogP contribution in [-0.2, 0) is 19.1 Å². The second-order valence-corrected chi connectivity index (χ2v) is 11.1. The predicted molar refractivity (Wildman–Crippen MR) is 127 cm³/mol. The third-order valence-electron chi connectivity index (χ3n) is 4.73. The summed E-state index contributed by atoms with van der Waals surface area (Å²) < 4.78 is 3.02. The van der Waals surface area contributed by atoms with E-state index in [9.17, 15) is 24.3 Å². The van der Waals surface area contributed by atoms with Crippen LogP contribution >= 0.6 is 62.5 Å². The van der Waals surface area contributed by atoms with Crippen molar-refractivity contribution in [2.75, 3.05) is 17.7 Å². The number of nitrogens with one attached hydrogen (secondary N) is 2. The number of fused-ring (bicyclic) bond motifs is 1. The van der Waals surface area contributed by atoms with Gasteiger partial charge >= 0.3 is 12.1 Å². The Labute approximate surface area is 216 Å². The highest BCUT2D eigenvalue weighted by atomic mass is 79.9. The standard InChI is InChI=1S/C19H17BrCl3N3O6S/c20-6-10-7-33-16-12(15(28)26(16)13(10)17(29)30)24-14(27)11(9-4-2-1-3-5-9)25-18(31)32-8-19(21,22)23/h1-5,11-12,16H,6-8H2,(H,24,27)(H,25,31)(H,29,30)/t11?,12-,16+/m1/s1. The number of carbonyl (C=O) groups is 4. The highest BCUT2D eigenvalue weighted by molar-refractivity contribution is 9.09. The Hall–Kier alpha value is -1.66. The minimum atomic E-state index is -1.83. The van der Waals surface area contributed by atoms with E-state index in [1.807, 2.05) is 0 Å². The van der Waals surface area contributed by atoms with Gasteiger partial charge in [-0.05, 0) is 11.1 Å². The van der Waals surface area contributed by atoms with E-state index < -0.39 is 51.7 Å². The van der Waals surface area contributed by atoms with Crippen molar-refractivity contribution in [1.82, 2.24) is 15.5 Å². The Morgan fingerprint density at radius 1 is 1.27 bits per heavy atom. The maximum atomic E-state index is 13.1. The van der Waals surface area contributed by atoms with Gasteiger partial charge in [0, 0.05) is 11.1 Å². The van der Waals surface area contributed by atoms with Gasteiger partial charge in [-0.1, -0.05) is 81.1 Å². The molecule has 1 fully saturated rings. The van der Waals surface area contributed by atoms with Crippen LogP contribution in [0.15, 0.2) is 41.6 Å². The minimum absolute atomic E-state index is 0.0841. The molecule has 0 aliphatic carbocycles. The van der Waals surface area contributed by atoms with E-state index in [2.05, 4.69) is 26.6 Å². The van der Waals surface area contributed by atoms with Crippen LogP contribution in [0.25, 0.3) is 0 Å². The number of benzene rings is 1. The molecule has 3 atom stereocenters. The van der Waals surface area contributed by atoms with E-state index in [1.165, 1.54) is 11.8 Å². The van der Waals surface area contributed by atoms with E-state index in [0.29, 0.717) is 22.2 Å². The van der Waals surface area contributed by atoms with Gasteiger partial charge in [0.05, 0.1) is 0 Å². The average Bonchev–Trinajstić information content (AvgIpc) is 2.78. The van der Waals surface area contributed by atoms with Crippen LogP contribution < -0.4 is 10.6 Å². The first-order valence-corrected chi connectivity index (χ1v) is 12.6. The Morgan fingerprint density at radius 2 is 1.94 bits per heavy atom. The van der Waals surface area contributed by atoms with Gasteiger partial charge in [0.15, 0.2) is 0 Å². The van der Waals surface area contributed by atoms with Crippen molar-refractivity contribution in [3.8, 4) is 0 Å². The number of nitrogens with zero attached hydrogens (tertiary/aromatic N) is 1. The Balaban J connectivity index is 1.74. The molecule has 2 heterocycles. The summed E-state index contributed by atoms with van der Waals surface area (Å²) in [5.41, 5.74) is 0.912. The van der Waals surface area contributed by atoms with Crippen LogP contribution in [0.5, 0.6) is 0 Å². The molecule has 33 heavy (non-hydrogen) atoms. The van der Waals surface area contributed by atoms with Crippen LogP contribution in [-0.4, -0.2) is 66.8 Å². The summed E-state index contributed by atoms with van der Waals surface area (Å²) in [5.74, 6) is -2.06. The van der Waals surface area contributed by atoms with Crippen molar-refractivity contribution in [2.24, 2.45) is 0 Å². The first-order valence-electron chi connectivity index (χ1n) is 9.34. The van der Waals surface area contributed by atoms with E-state index in [-0.39, 0.29) is 5.70 Å². The lowest BCUT2D eigenvalue weighted by Crippen LogP contribution is -2.71. The number of hydrogen-bond donors (Lipinski definition) is 3. The third-order valence-corrected chi connectivity index (χ3v) is 7.08. The van der Waals surface area contributed by atoms with E-state index >= 15 is 0 Å². The Kier molecular flexibility index (Phi) is 8.44. The molecule has 178 valence electrons. The normalized spacial score (nSPS) is 21.0. The molecule has 1 aromatic rings. The summed E-state index contributed by atoms with van der Waals surface area (Å²) in [4.78, 5) is 50.8. The number of carboxylic acid groups (broad SMARTS) is 1. The van der Waals surface area contributed by atoms with Gasteiger partial charge in [0.25, 0.3) is 5.91 Å². The van der Waals surface area contributed by atoms with Gasteiger partial charge in [0.2, 0.25) is 9.70 Å². The van der Waals surface area contributed by atoms with Gasteiger partial charge in [0.1, 0.15) is 29.8 Å². The minimum Gasteiger partial charge on any atom is -0.477 e. The number of β-lactam (4-membered cyclic amide) rings is 1. The summed E-state index contributed by atoms with van der Waals surface area (Å²) in [6.07, 6.45) is -1.00. The van der Waals surface area contributed by atoms with Crippen molar-refractivity contribution in [3.63, 3.8) is 0 Å². The average molecular weight is 602 g/mol. The number of ether oxygens (including phenoxy) is 1. The second kappa shape index (κ2) is 10.7. The highest BCUT2D eigenvalue weighted by Gasteiger charge is 2.54. The first kappa shape index (κ1) is 26.0. The zero-order chi connectivity index (χ0) is 24.3. The van der Waals surface area contributed by atoms with E-state index in [4.69, 9.17) is 39.5 Å². The molecule has 2 aliphatic heterocycles. The zero-order valence-electron chi connectivity index (χ0n) is 16.6. The van der Waals surface area contributed by atoms with Gasteiger partial charge < -0.3 is 20.5 Å². The molecule has 0 bridgehead atoms. The number of thioether (sulfide) groups is 1. The van der Waals surface area contributed by atoms with Gasteiger partial charge in [-0.15, -0.1) is 11.8 Å². The number of aliphatic carboxylic acids is 1. The number of alkyl carbamates (subject to hydrolysis) is 1. The molecule has 3 N–H and O–H groups in total. The van der Waals surface area contributed by atoms with Gasteiger partial charge in [-0.25, -0.2) is 9.59 Å². The fraction of sp³-hybridized carbons (Fsp3) is 0.368. The van der Waals surface area contributed by atoms with Gasteiger partial charge in [-0.3, -0.25) is 14.5 Å². The summed E-state index contributed by atoms with van der Waals surface area (Å²) in [6.45, 7) is -0.540. The number of alkyl halides is 4. The highest BCUT2D eigenvalue weighted by Crippen LogP contribution is 2.40. The smallest absolute Gasteiger partial charge is 0.408 e. The zero-order valence-corrected chi connectivity index (χ0v) is 21.3. The summed E-state index contributed by atoms with van der Waals surface area (Å²) >= 11 is 21.3. The topological polar surface area (TPSA) is 125 Å². The lowest BCUT2D eigenvalue weighted by atomic mass is 10.0. The van der Waals surface area contributed by atoms with Crippen LogP contribution in [0.4, 0.5) is 4.79 Å². The molecule has 14 heteroatoms. The molecule has 3 amide bonds. The summed E-state index contributed by atoms with van der Waals surface area (Å²) in [5, 5.41) is 14.3. The van der Waals surface area contributed by atoms with Crippen molar-refractivity contribution in [1.29, 1.82) is 0 Å². The molecule has 0 radical (unpaired) electrons. The molecule has 9 nitrogen and oxygen atoms in total. The molecule has 1 aromatic carbocycles. The Morgan fingerprint density at radius 3 is 2.52 bits per heavy atom. The lowest BCUT2D eigenvalue weighted by Gasteiger charge is -2.49. The number of hydrogen-bond acceptors (Lipinski definition) is 6. The quantitative estimate of drug-likeness (QED) is 0.324. The summed E-state index contributed by atoms with van der Waals surface area (Å²) in [7, 11) is 0. The predicted octanol–water partition coefficient (Wildman–Crippen LogP) is 2.96. The van der Waals surface area contributed by atoms with Crippen molar-refractivity contribution < 1.29 is 29.0 Å². The van der Waals surface area contributed by atoms with Gasteiger partial charge in [-0.2, -0.15) is 0 Å². The largest absolute Gasteiger partial charge is 0.477 e. The van der Waals surface area contributed by atoms with Crippen molar-refractivity contribution in [3.05, 3.63) is 47.2 Å². The monoisotopic (exact) mass is 599 g/mol. The second-order valence-electron chi connectivity index (χ2n) is 6.97. The number of carboxylic acids is 1. The van der Waals surface area contributed by atoms with Crippen molar-refractivity contribution in [2.45, 2.75) is 21.3 Å². The fourth-order valence-electron chi connectivity index (χ4n) is 3.28. The molecule has 0 spiro atoms. The first-order chi connectivity index (χ1) is 15.5. The lowest BCUT2D eigenvalue weighted by molar-refractivity contribution is -0.151. The van der Waals surface area contributed by atoms with E-state index in [0.717, 1.165) is 4.90 Å². The fourth-order valence-corrected chi connectivity index (χ4v) is 5.51. The summed E-state index contributed by atoms with van der Waals surface area (Å²) in [6, 6.07) is 6.11. The van der Waals surface area contributed by atoms with E-state index in [1.54, 1.807) is 30.3 Å². The molecule has 1 saturated heterocycles. The molecular weight excluding hydrogens is 585 g/mol. The molecule has 3 rings (SSSR count). The van der Waals surface area contributed by atoms with Crippen molar-refractivity contribution >= 4 is 86.4 Å². The molecule has 1 unspecified atom stereocenters. The van der Waals surface area contributed by atoms with Crippen LogP contribution in [0, 0.1) is 0 Å². The maximum absolute atomic E-state index is 13.1. The van der Waals surface area contributed by atoms with Crippen LogP contribution in [0.1, 0.15) is 11.6 Å². The molecular formula is C19H17BrCl3N3O6S. The number of rotatable bonds is 7.